The van der Waals surface area contributed by atoms with Crippen LogP contribution in [0.1, 0.15) is 59.8 Å². The van der Waals surface area contributed by atoms with Gasteiger partial charge in [-0.25, -0.2) is 4.79 Å². The number of likely N-dealkylation sites (tertiary alicyclic amines) is 1. The first-order valence-electron chi connectivity index (χ1n) is 13.6. The van der Waals surface area contributed by atoms with E-state index in [9.17, 15) is 32.7 Å². The van der Waals surface area contributed by atoms with Crippen LogP contribution in [-0.2, 0) is 23.8 Å². The molecule has 39 heavy (non-hydrogen) atoms. The highest BCUT2D eigenvalue weighted by Gasteiger charge is 2.75. The molecule has 5 aliphatic rings. The minimum Gasteiger partial charge on any atom is -0.444 e. The van der Waals surface area contributed by atoms with Gasteiger partial charge in [-0.05, 0) is 59.8 Å². The average molecular weight is 562 g/mol. The summed E-state index contributed by atoms with van der Waals surface area (Å²) in [6.45, 7) is 7.33. The number of alkyl halides is 3. The fourth-order valence-electron chi connectivity index (χ4n) is 7.86. The predicted molar refractivity (Wildman–Crippen MR) is 129 cm³/mol. The van der Waals surface area contributed by atoms with Crippen LogP contribution >= 0.6 is 0 Å². The molecule has 5 fully saturated rings. The first-order valence-corrected chi connectivity index (χ1v) is 13.6. The fraction of sp³-hybridized carbons (Fsp3) is 0.885. The second kappa shape index (κ2) is 9.20. The van der Waals surface area contributed by atoms with Crippen LogP contribution in [0.3, 0.4) is 0 Å². The Hall–Kier alpha value is -2.12. The van der Waals surface area contributed by atoms with E-state index in [1.165, 1.54) is 7.11 Å². The van der Waals surface area contributed by atoms with Crippen molar-refractivity contribution in [3.63, 3.8) is 0 Å². The molecule has 3 amide bonds. The van der Waals surface area contributed by atoms with E-state index in [0.717, 1.165) is 4.90 Å². The van der Waals surface area contributed by atoms with Crippen molar-refractivity contribution in [2.24, 2.45) is 5.41 Å². The van der Waals surface area contributed by atoms with Crippen LogP contribution in [0.4, 0.5) is 18.0 Å². The van der Waals surface area contributed by atoms with Gasteiger partial charge in [0, 0.05) is 26.3 Å². The molecule has 8 atom stereocenters. The maximum atomic E-state index is 14.0. The molecule has 1 aliphatic carbocycles. The van der Waals surface area contributed by atoms with E-state index in [2.05, 4.69) is 0 Å². The summed E-state index contributed by atoms with van der Waals surface area (Å²) >= 11 is 0. The van der Waals surface area contributed by atoms with Crippen LogP contribution in [0.25, 0.3) is 0 Å². The van der Waals surface area contributed by atoms with Gasteiger partial charge in [0.05, 0.1) is 41.8 Å². The van der Waals surface area contributed by atoms with Crippen LogP contribution in [0.15, 0.2) is 0 Å². The zero-order chi connectivity index (χ0) is 28.7. The average Bonchev–Trinajstić information content (AvgIpc) is 3.58. The van der Waals surface area contributed by atoms with Gasteiger partial charge in [0.25, 0.3) is 0 Å². The number of ether oxygens (including phenoxy) is 3. The number of carbonyl (C=O) groups excluding carboxylic acids is 3. The van der Waals surface area contributed by atoms with Gasteiger partial charge in [-0.1, -0.05) is 0 Å². The lowest BCUT2D eigenvalue weighted by Gasteiger charge is -2.44. The maximum Gasteiger partial charge on any atom is 0.471 e. The lowest BCUT2D eigenvalue weighted by atomic mass is 9.69. The smallest absolute Gasteiger partial charge is 0.444 e. The third kappa shape index (κ3) is 4.30. The van der Waals surface area contributed by atoms with Crippen molar-refractivity contribution in [2.45, 2.75) is 113 Å². The molecule has 220 valence electrons. The molecule has 4 aliphatic heterocycles. The highest BCUT2D eigenvalue weighted by atomic mass is 19.4. The quantitative estimate of drug-likeness (QED) is 0.562. The number of rotatable bonds is 3. The summed E-state index contributed by atoms with van der Waals surface area (Å²) in [6.07, 6.45) is -5.55. The number of carbonyl (C=O) groups is 3. The third-order valence-electron chi connectivity index (χ3n) is 9.48. The van der Waals surface area contributed by atoms with Gasteiger partial charge >= 0.3 is 18.2 Å². The molecular weight excluding hydrogens is 523 g/mol. The second-order valence-electron chi connectivity index (χ2n) is 12.8. The second-order valence-corrected chi connectivity index (χ2v) is 12.8. The van der Waals surface area contributed by atoms with Crippen LogP contribution in [0.2, 0.25) is 0 Å². The summed E-state index contributed by atoms with van der Waals surface area (Å²) in [4.78, 5) is 43.8. The number of hydrogen-bond donors (Lipinski definition) is 1. The fourth-order valence-corrected chi connectivity index (χ4v) is 7.86. The minimum absolute atomic E-state index is 0.0526. The molecule has 4 saturated heterocycles. The Morgan fingerprint density at radius 2 is 1.90 bits per heavy atom. The van der Waals surface area contributed by atoms with Crippen molar-refractivity contribution in [3.05, 3.63) is 0 Å². The Morgan fingerprint density at radius 3 is 2.51 bits per heavy atom. The molecule has 10 nitrogen and oxygen atoms in total. The van der Waals surface area contributed by atoms with Crippen LogP contribution in [0.5, 0.6) is 0 Å². The van der Waals surface area contributed by atoms with Crippen LogP contribution < -0.4 is 0 Å². The summed E-state index contributed by atoms with van der Waals surface area (Å²) in [5.41, 5.74) is -3.73. The Morgan fingerprint density at radius 1 is 1.21 bits per heavy atom. The molecule has 4 heterocycles. The number of halogens is 3. The van der Waals surface area contributed by atoms with E-state index < -0.39 is 65.1 Å². The molecule has 1 saturated carbocycles. The van der Waals surface area contributed by atoms with Crippen molar-refractivity contribution in [2.75, 3.05) is 26.9 Å². The number of methoxy groups -OCH3 is 1. The monoisotopic (exact) mass is 561 g/mol. The Balaban J connectivity index is 1.44. The van der Waals surface area contributed by atoms with Gasteiger partial charge in [-0.2, -0.15) is 13.2 Å². The lowest BCUT2D eigenvalue weighted by Crippen LogP contribution is -2.61. The van der Waals surface area contributed by atoms with E-state index in [1.807, 2.05) is 0 Å². The van der Waals surface area contributed by atoms with E-state index in [1.54, 1.807) is 37.5 Å². The Kier molecular flexibility index (Phi) is 6.70. The molecule has 1 spiro atoms. The SMILES string of the molecule is CO[C@@H]1COCC[C@@H]1N(C(=O)C(F)(F)F)[C@@H]1CC[C@@]2(C1)C(=O)N1C([C@@H]3C[C@H]1CN3C(=O)OC(C)(C)C)C2(C)O. The highest BCUT2D eigenvalue weighted by molar-refractivity contribution is 5.90. The van der Waals surface area contributed by atoms with Crippen molar-refractivity contribution in [1.82, 2.24) is 14.7 Å². The lowest BCUT2D eigenvalue weighted by molar-refractivity contribution is -0.197. The number of piperazine rings is 1. The predicted octanol–water partition coefficient (Wildman–Crippen LogP) is 2.07. The molecule has 13 heteroatoms. The largest absolute Gasteiger partial charge is 0.471 e. The standard InChI is InChI=1S/C26H38F3N3O7/c1-23(2,3)39-22(35)30-12-15-10-17(30)19-24(4,36)25(20(33)32(15)19)8-6-14(11-25)31(21(34)26(27,28)29)16-7-9-38-13-18(16)37-5/h14-19,36H,6-13H2,1-5H3/t14-,15+,16+,17+,18-,19?,24?,25-/m1/s1. The molecule has 5 rings (SSSR count). The number of amides is 3. The van der Waals surface area contributed by atoms with E-state index >= 15 is 0 Å². The summed E-state index contributed by atoms with van der Waals surface area (Å²) in [5, 5.41) is 12.0. The Bertz CT molecular complexity index is 1030. The maximum absolute atomic E-state index is 14.0. The van der Waals surface area contributed by atoms with Gasteiger partial charge in [0.1, 0.15) is 11.7 Å². The van der Waals surface area contributed by atoms with Crippen molar-refractivity contribution in [3.8, 4) is 0 Å². The minimum atomic E-state index is -5.11. The molecule has 0 aromatic carbocycles. The summed E-state index contributed by atoms with van der Waals surface area (Å²) in [7, 11) is 1.37. The van der Waals surface area contributed by atoms with Crippen molar-refractivity contribution >= 4 is 17.9 Å². The van der Waals surface area contributed by atoms with Crippen LogP contribution in [0, 0.1) is 5.41 Å². The zero-order valence-electron chi connectivity index (χ0n) is 23.0. The van der Waals surface area contributed by atoms with Crippen molar-refractivity contribution < 1.29 is 46.9 Å². The topological polar surface area (TPSA) is 109 Å². The molecule has 2 bridgehead atoms. The molecule has 2 unspecified atom stereocenters. The van der Waals surface area contributed by atoms with E-state index in [-0.39, 0.29) is 57.4 Å². The molecule has 1 N–H and O–H groups in total. The number of aliphatic hydroxyl groups is 1. The van der Waals surface area contributed by atoms with Gasteiger partial charge in [-0.15, -0.1) is 0 Å². The normalized spacial score (nSPS) is 40.0. The molecular formula is C26H38F3N3O7. The number of hydrogen-bond acceptors (Lipinski definition) is 7. The molecule has 0 radical (unpaired) electrons. The third-order valence-corrected chi connectivity index (χ3v) is 9.48. The number of nitrogens with zero attached hydrogens (tertiary/aromatic N) is 3. The molecule has 0 aromatic heterocycles. The summed E-state index contributed by atoms with van der Waals surface area (Å²) in [6, 6.07) is -3.29. The highest BCUT2D eigenvalue weighted by Crippen LogP contribution is 2.61. The van der Waals surface area contributed by atoms with Gasteiger partial charge in [0.15, 0.2) is 0 Å². The number of fused-ring (bicyclic) bond motifs is 5. The van der Waals surface area contributed by atoms with Gasteiger partial charge in [0.2, 0.25) is 5.91 Å². The Labute approximate surface area is 225 Å². The van der Waals surface area contributed by atoms with E-state index in [0.29, 0.717) is 6.42 Å². The van der Waals surface area contributed by atoms with Crippen LogP contribution in [-0.4, -0.2) is 118 Å². The first-order chi connectivity index (χ1) is 18.0. The summed E-state index contributed by atoms with van der Waals surface area (Å²) in [5.74, 6) is -2.29. The van der Waals surface area contributed by atoms with Gasteiger partial charge < -0.3 is 34.0 Å². The van der Waals surface area contributed by atoms with Gasteiger partial charge in [-0.3, -0.25) is 9.59 Å². The van der Waals surface area contributed by atoms with E-state index in [4.69, 9.17) is 14.2 Å². The first kappa shape index (κ1) is 28.4. The van der Waals surface area contributed by atoms with Crippen molar-refractivity contribution in [1.29, 1.82) is 0 Å². The molecule has 0 aromatic rings. The zero-order valence-corrected chi connectivity index (χ0v) is 23.0. The summed E-state index contributed by atoms with van der Waals surface area (Å²) < 4.78 is 57.8.